The Balaban J connectivity index is 1.94. The van der Waals surface area contributed by atoms with Gasteiger partial charge in [0.1, 0.15) is 4.88 Å². The Hall–Kier alpha value is -0.590. The molecule has 1 aliphatic heterocycles. The highest BCUT2D eigenvalue weighted by Gasteiger charge is 2.32. The molecule has 2 rings (SSSR count). The van der Waals surface area contributed by atoms with E-state index in [4.69, 9.17) is 0 Å². The van der Waals surface area contributed by atoms with Gasteiger partial charge in [-0.2, -0.15) is 13.2 Å². The minimum Gasteiger partial charge on any atom is -0.316 e. The number of alkyl halides is 3. The minimum atomic E-state index is -4.21. The van der Waals surface area contributed by atoms with E-state index < -0.39 is 11.1 Å². The van der Waals surface area contributed by atoms with E-state index in [1.54, 1.807) is 6.07 Å². The van der Waals surface area contributed by atoms with Crippen molar-refractivity contribution < 1.29 is 13.2 Å². The molecule has 1 fully saturated rings. The lowest BCUT2D eigenvalue weighted by Gasteiger charge is -2.14. The molecule has 0 aromatic carbocycles. The van der Waals surface area contributed by atoms with Gasteiger partial charge >= 0.3 is 6.18 Å². The van der Waals surface area contributed by atoms with Crippen LogP contribution in [0.5, 0.6) is 0 Å². The van der Waals surface area contributed by atoms with E-state index in [0.717, 1.165) is 35.7 Å². The van der Waals surface area contributed by atoms with Crippen LogP contribution in [0.1, 0.15) is 16.2 Å². The fraction of sp³-hybridized carbons (Fsp3) is 0.636. The van der Waals surface area contributed by atoms with E-state index in [1.807, 2.05) is 7.05 Å². The summed E-state index contributed by atoms with van der Waals surface area (Å²) in [7, 11) is 1.92. The first-order valence-corrected chi connectivity index (χ1v) is 6.36. The van der Waals surface area contributed by atoms with Crippen molar-refractivity contribution in [3.8, 4) is 0 Å². The highest BCUT2D eigenvalue weighted by molar-refractivity contribution is 7.12. The molecule has 1 N–H and O–H groups in total. The number of rotatable bonds is 3. The smallest absolute Gasteiger partial charge is 0.316 e. The minimum absolute atomic E-state index is 0.469. The van der Waals surface area contributed by atoms with Crippen molar-refractivity contribution >= 4 is 11.3 Å². The van der Waals surface area contributed by atoms with Crippen molar-refractivity contribution in [3.63, 3.8) is 0 Å². The summed E-state index contributed by atoms with van der Waals surface area (Å²) in [6.07, 6.45) is -3.14. The lowest BCUT2D eigenvalue weighted by molar-refractivity contribution is -0.134. The molecule has 2 heterocycles. The molecular formula is C11H15F3N2S. The SMILES string of the molecule is CNC1CCN(Cc2ccc(C(F)(F)F)s2)C1. The second kappa shape index (κ2) is 4.96. The number of likely N-dealkylation sites (tertiary alicyclic amines) is 1. The molecule has 0 aliphatic carbocycles. The van der Waals surface area contributed by atoms with Crippen LogP contribution in [0.15, 0.2) is 12.1 Å². The van der Waals surface area contributed by atoms with E-state index in [0.29, 0.717) is 12.6 Å². The van der Waals surface area contributed by atoms with Gasteiger partial charge in [0, 0.05) is 30.6 Å². The van der Waals surface area contributed by atoms with Crippen LogP contribution in [0.4, 0.5) is 13.2 Å². The number of halogens is 3. The predicted molar refractivity (Wildman–Crippen MR) is 62.1 cm³/mol. The molecule has 2 nitrogen and oxygen atoms in total. The van der Waals surface area contributed by atoms with Gasteiger partial charge in [0.2, 0.25) is 0 Å². The van der Waals surface area contributed by atoms with Crippen LogP contribution in [-0.2, 0) is 12.7 Å². The molecule has 96 valence electrons. The zero-order chi connectivity index (χ0) is 12.5. The summed E-state index contributed by atoms with van der Waals surface area (Å²) in [5, 5.41) is 3.19. The number of hydrogen-bond acceptors (Lipinski definition) is 3. The molecular weight excluding hydrogens is 249 g/mol. The van der Waals surface area contributed by atoms with Gasteiger partial charge in [0.15, 0.2) is 0 Å². The molecule has 1 aliphatic rings. The summed E-state index contributed by atoms with van der Waals surface area (Å²) >= 11 is 0.848. The summed E-state index contributed by atoms with van der Waals surface area (Å²) < 4.78 is 37.3. The van der Waals surface area contributed by atoms with Crippen LogP contribution in [0.2, 0.25) is 0 Å². The predicted octanol–water partition coefficient (Wildman–Crippen LogP) is 2.56. The third kappa shape index (κ3) is 3.20. The fourth-order valence-corrected chi connectivity index (χ4v) is 2.97. The quantitative estimate of drug-likeness (QED) is 0.902. The fourth-order valence-electron chi connectivity index (χ4n) is 2.05. The lowest BCUT2D eigenvalue weighted by Crippen LogP contribution is -2.29. The van der Waals surface area contributed by atoms with Crippen LogP contribution in [0, 0.1) is 0 Å². The second-order valence-electron chi connectivity index (χ2n) is 4.27. The molecule has 1 saturated heterocycles. The average molecular weight is 264 g/mol. The van der Waals surface area contributed by atoms with E-state index in [2.05, 4.69) is 10.2 Å². The van der Waals surface area contributed by atoms with E-state index >= 15 is 0 Å². The molecule has 0 amide bonds. The molecule has 0 bridgehead atoms. The van der Waals surface area contributed by atoms with Gasteiger partial charge in [0.25, 0.3) is 0 Å². The molecule has 0 saturated carbocycles. The third-order valence-electron chi connectivity index (χ3n) is 3.00. The maximum Gasteiger partial charge on any atom is 0.425 e. The van der Waals surface area contributed by atoms with Gasteiger partial charge in [-0.3, -0.25) is 4.90 Å². The first-order chi connectivity index (χ1) is 7.99. The Morgan fingerprint density at radius 3 is 2.76 bits per heavy atom. The van der Waals surface area contributed by atoms with Gasteiger partial charge in [-0.15, -0.1) is 11.3 Å². The summed E-state index contributed by atoms with van der Waals surface area (Å²) in [6.45, 7) is 2.49. The maximum atomic E-state index is 12.4. The first kappa shape index (κ1) is 12.9. The average Bonchev–Trinajstić information content (AvgIpc) is 2.86. The van der Waals surface area contributed by atoms with Gasteiger partial charge < -0.3 is 5.32 Å². The largest absolute Gasteiger partial charge is 0.425 e. The molecule has 0 spiro atoms. The molecule has 1 aromatic heterocycles. The molecule has 0 radical (unpaired) electrons. The molecule has 1 unspecified atom stereocenters. The molecule has 6 heteroatoms. The summed E-state index contributed by atoms with van der Waals surface area (Å²) in [4.78, 5) is 2.47. The monoisotopic (exact) mass is 264 g/mol. The highest BCUT2D eigenvalue weighted by Crippen LogP contribution is 2.35. The standard InChI is InChI=1S/C11H15F3N2S/c1-15-8-4-5-16(6-8)7-9-2-3-10(17-9)11(12,13)14/h2-3,8,15H,4-7H2,1H3. The Bertz CT molecular complexity index is 375. The number of hydrogen-bond donors (Lipinski definition) is 1. The van der Waals surface area contributed by atoms with Gasteiger partial charge in [-0.25, -0.2) is 0 Å². The Morgan fingerprint density at radius 2 is 2.24 bits per heavy atom. The zero-order valence-electron chi connectivity index (χ0n) is 9.55. The Kier molecular flexibility index (Phi) is 3.75. The van der Waals surface area contributed by atoms with Crippen LogP contribution >= 0.6 is 11.3 Å². The zero-order valence-corrected chi connectivity index (χ0v) is 10.4. The van der Waals surface area contributed by atoms with Crippen LogP contribution in [0.3, 0.4) is 0 Å². The Labute approximate surface area is 102 Å². The molecule has 1 atom stereocenters. The van der Waals surface area contributed by atoms with Crippen molar-refractivity contribution in [2.75, 3.05) is 20.1 Å². The van der Waals surface area contributed by atoms with E-state index in [1.165, 1.54) is 6.07 Å². The number of nitrogens with zero attached hydrogens (tertiary/aromatic N) is 1. The van der Waals surface area contributed by atoms with Gasteiger partial charge in [-0.05, 0) is 25.6 Å². The lowest BCUT2D eigenvalue weighted by atomic mass is 10.3. The van der Waals surface area contributed by atoms with Crippen molar-refractivity contribution in [1.82, 2.24) is 10.2 Å². The second-order valence-corrected chi connectivity index (χ2v) is 5.44. The first-order valence-electron chi connectivity index (χ1n) is 5.54. The third-order valence-corrected chi connectivity index (χ3v) is 4.12. The maximum absolute atomic E-state index is 12.4. The van der Waals surface area contributed by atoms with Crippen molar-refractivity contribution in [1.29, 1.82) is 0 Å². The van der Waals surface area contributed by atoms with Gasteiger partial charge in [0.05, 0.1) is 0 Å². The van der Waals surface area contributed by atoms with Crippen molar-refractivity contribution in [2.45, 2.75) is 25.2 Å². The topological polar surface area (TPSA) is 15.3 Å². The van der Waals surface area contributed by atoms with E-state index in [9.17, 15) is 13.2 Å². The number of nitrogens with one attached hydrogen (secondary N) is 1. The van der Waals surface area contributed by atoms with E-state index in [-0.39, 0.29) is 0 Å². The summed E-state index contributed by atoms with van der Waals surface area (Å²) in [5.41, 5.74) is 0. The van der Waals surface area contributed by atoms with Crippen molar-refractivity contribution in [2.24, 2.45) is 0 Å². The summed E-state index contributed by atoms with van der Waals surface area (Å²) in [6, 6.07) is 3.23. The van der Waals surface area contributed by atoms with Crippen LogP contribution in [0.25, 0.3) is 0 Å². The number of thiophene rings is 1. The number of likely N-dealkylation sites (N-methyl/N-ethyl adjacent to an activating group) is 1. The highest BCUT2D eigenvalue weighted by atomic mass is 32.1. The van der Waals surface area contributed by atoms with Crippen LogP contribution < -0.4 is 5.32 Å². The molecule has 17 heavy (non-hydrogen) atoms. The Morgan fingerprint density at radius 1 is 1.47 bits per heavy atom. The van der Waals surface area contributed by atoms with Crippen molar-refractivity contribution in [3.05, 3.63) is 21.9 Å². The van der Waals surface area contributed by atoms with Crippen LogP contribution in [-0.4, -0.2) is 31.1 Å². The normalized spacial score (nSPS) is 22.2. The summed E-state index contributed by atoms with van der Waals surface area (Å²) in [5.74, 6) is 0. The molecule has 1 aromatic rings. The van der Waals surface area contributed by atoms with Gasteiger partial charge in [-0.1, -0.05) is 0 Å².